The van der Waals surface area contributed by atoms with Crippen molar-refractivity contribution in [1.29, 1.82) is 0 Å². The molecule has 1 saturated heterocycles. The molecular formula is C17H26N2O2. The number of amides is 1. The van der Waals surface area contributed by atoms with E-state index in [-0.39, 0.29) is 18.0 Å². The molecule has 1 fully saturated rings. The highest BCUT2D eigenvalue weighted by molar-refractivity contribution is 5.82. The van der Waals surface area contributed by atoms with Crippen molar-refractivity contribution in [2.24, 2.45) is 5.92 Å². The van der Waals surface area contributed by atoms with Crippen LogP contribution in [0.3, 0.4) is 0 Å². The maximum absolute atomic E-state index is 12.4. The van der Waals surface area contributed by atoms with E-state index in [1.807, 2.05) is 31.2 Å². The van der Waals surface area contributed by atoms with E-state index in [0.717, 1.165) is 30.7 Å². The van der Waals surface area contributed by atoms with Crippen LogP contribution in [0, 0.1) is 5.92 Å². The van der Waals surface area contributed by atoms with Crippen LogP contribution in [-0.2, 0) is 4.79 Å². The minimum absolute atomic E-state index is 0.0172. The average molecular weight is 290 g/mol. The summed E-state index contributed by atoms with van der Waals surface area (Å²) in [4.78, 5) is 12.4. The van der Waals surface area contributed by atoms with Crippen LogP contribution in [0.4, 0.5) is 0 Å². The van der Waals surface area contributed by atoms with Crippen molar-refractivity contribution < 1.29 is 9.53 Å². The fourth-order valence-electron chi connectivity index (χ4n) is 2.87. The van der Waals surface area contributed by atoms with Gasteiger partial charge in [-0.15, -0.1) is 0 Å². The molecule has 0 aliphatic carbocycles. The third kappa shape index (κ3) is 4.21. The molecule has 0 spiro atoms. The van der Waals surface area contributed by atoms with Gasteiger partial charge in [-0.2, -0.15) is 0 Å². The molecule has 1 amide bonds. The van der Waals surface area contributed by atoms with Gasteiger partial charge in [0.1, 0.15) is 5.75 Å². The SMILES string of the molecule is CCC1CCNC(C(=O)N[C@@H](C)c2cccc(OC)c2)C1. The van der Waals surface area contributed by atoms with Gasteiger partial charge in [0.05, 0.1) is 19.2 Å². The zero-order chi connectivity index (χ0) is 15.2. The van der Waals surface area contributed by atoms with Crippen LogP contribution in [0.2, 0.25) is 0 Å². The Morgan fingerprint density at radius 1 is 1.52 bits per heavy atom. The maximum atomic E-state index is 12.4. The number of carbonyl (C=O) groups is 1. The van der Waals surface area contributed by atoms with Crippen molar-refractivity contribution in [3.8, 4) is 5.75 Å². The number of hydrogen-bond acceptors (Lipinski definition) is 3. The Balaban J connectivity index is 1.94. The number of carbonyl (C=O) groups excluding carboxylic acids is 1. The molecule has 1 aromatic carbocycles. The number of piperidine rings is 1. The van der Waals surface area contributed by atoms with Gasteiger partial charge in [0, 0.05) is 0 Å². The third-order valence-corrected chi connectivity index (χ3v) is 4.36. The molecular weight excluding hydrogens is 264 g/mol. The quantitative estimate of drug-likeness (QED) is 0.876. The summed E-state index contributed by atoms with van der Waals surface area (Å²) in [5.74, 6) is 1.58. The lowest BCUT2D eigenvalue weighted by Crippen LogP contribution is -2.49. The van der Waals surface area contributed by atoms with Crippen molar-refractivity contribution in [3.05, 3.63) is 29.8 Å². The molecule has 3 atom stereocenters. The molecule has 21 heavy (non-hydrogen) atoms. The first-order chi connectivity index (χ1) is 10.1. The van der Waals surface area contributed by atoms with Gasteiger partial charge >= 0.3 is 0 Å². The van der Waals surface area contributed by atoms with Crippen molar-refractivity contribution >= 4 is 5.91 Å². The molecule has 1 aromatic rings. The molecule has 1 aliphatic heterocycles. The third-order valence-electron chi connectivity index (χ3n) is 4.36. The van der Waals surface area contributed by atoms with E-state index in [9.17, 15) is 4.79 Å². The highest BCUT2D eigenvalue weighted by Crippen LogP contribution is 2.21. The van der Waals surface area contributed by atoms with Crippen LogP contribution in [0.15, 0.2) is 24.3 Å². The molecule has 4 heteroatoms. The highest BCUT2D eigenvalue weighted by atomic mass is 16.5. The average Bonchev–Trinajstić information content (AvgIpc) is 2.54. The number of ether oxygens (including phenoxy) is 1. The van der Waals surface area contributed by atoms with Crippen LogP contribution in [0.5, 0.6) is 5.75 Å². The van der Waals surface area contributed by atoms with Gasteiger partial charge in [-0.3, -0.25) is 4.79 Å². The normalized spacial score (nSPS) is 23.4. The van der Waals surface area contributed by atoms with E-state index >= 15 is 0 Å². The van der Waals surface area contributed by atoms with E-state index in [0.29, 0.717) is 5.92 Å². The first-order valence-electron chi connectivity index (χ1n) is 7.81. The first-order valence-corrected chi connectivity index (χ1v) is 7.81. The lowest BCUT2D eigenvalue weighted by molar-refractivity contribution is -0.124. The topological polar surface area (TPSA) is 50.4 Å². The molecule has 2 rings (SSSR count). The van der Waals surface area contributed by atoms with Crippen LogP contribution in [-0.4, -0.2) is 25.6 Å². The van der Waals surface area contributed by atoms with Gasteiger partial charge < -0.3 is 15.4 Å². The number of benzene rings is 1. The van der Waals surface area contributed by atoms with Crippen molar-refractivity contribution in [3.63, 3.8) is 0 Å². The lowest BCUT2D eigenvalue weighted by Gasteiger charge is -2.30. The second-order valence-electron chi connectivity index (χ2n) is 5.81. The second kappa shape index (κ2) is 7.46. The predicted octanol–water partition coefficient (Wildman–Crippen LogP) is 2.65. The minimum Gasteiger partial charge on any atom is -0.497 e. The molecule has 2 N–H and O–H groups in total. The summed E-state index contributed by atoms with van der Waals surface area (Å²) in [6, 6.07) is 7.76. The fourth-order valence-corrected chi connectivity index (χ4v) is 2.87. The van der Waals surface area contributed by atoms with Crippen LogP contribution >= 0.6 is 0 Å². The smallest absolute Gasteiger partial charge is 0.237 e. The molecule has 1 heterocycles. The Kier molecular flexibility index (Phi) is 5.62. The molecule has 0 bridgehead atoms. The summed E-state index contributed by atoms with van der Waals surface area (Å²) in [6.45, 7) is 5.14. The summed E-state index contributed by atoms with van der Waals surface area (Å²) >= 11 is 0. The Morgan fingerprint density at radius 2 is 2.33 bits per heavy atom. The van der Waals surface area contributed by atoms with Gasteiger partial charge in [-0.25, -0.2) is 0 Å². The van der Waals surface area contributed by atoms with Gasteiger partial charge in [0.25, 0.3) is 0 Å². The summed E-state index contributed by atoms with van der Waals surface area (Å²) < 4.78 is 5.23. The Hall–Kier alpha value is -1.55. The highest BCUT2D eigenvalue weighted by Gasteiger charge is 2.26. The van der Waals surface area contributed by atoms with Gasteiger partial charge in [-0.1, -0.05) is 25.5 Å². The molecule has 0 aromatic heterocycles. The van der Waals surface area contributed by atoms with Gasteiger partial charge in [0.15, 0.2) is 0 Å². The molecule has 1 aliphatic rings. The van der Waals surface area contributed by atoms with Crippen molar-refractivity contribution in [2.45, 2.75) is 45.2 Å². The minimum atomic E-state index is -0.0586. The number of methoxy groups -OCH3 is 1. The largest absolute Gasteiger partial charge is 0.497 e. The number of hydrogen-bond donors (Lipinski definition) is 2. The van der Waals surface area contributed by atoms with Crippen molar-refractivity contribution in [1.82, 2.24) is 10.6 Å². The van der Waals surface area contributed by atoms with E-state index in [1.165, 1.54) is 6.42 Å². The van der Waals surface area contributed by atoms with Gasteiger partial charge in [-0.05, 0) is 49.9 Å². The zero-order valence-corrected chi connectivity index (χ0v) is 13.2. The Morgan fingerprint density at radius 3 is 3.05 bits per heavy atom. The van der Waals surface area contributed by atoms with Crippen molar-refractivity contribution in [2.75, 3.05) is 13.7 Å². The molecule has 0 radical (unpaired) electrons. The Bertz CT molecular complexity index is 476. The predicted molar refractivity (Wildman–Crippen MR) is 84.4 cm³/mol. The Labute approximate surface area is 127 Å². The van der Waals surface area contributed by atoms with Crippen LogP contribution < -0.4 is 15.4 Å². The summed E-state index contributed by atoms with van der Waals surface area (Å²) in [5.41, 5.74) is 1.06. The summed E-state index contributed by atoms with van der Waals surface area (Å²) in [7, 11) is 1.65. The summed E-state index contributed by atoms with van der Waals surface area (Å²) in [5, 5.41) is 6.43. The monoisotopic (exact) mass is 290 g/mol. The van der Waals surface area contributed by atoms with E-state index in [2.05, 4.69) is 17.6 Å². The van der Waals surface area contributed by atoms with E-state index in [4.69, 9.17) is 4.74 Å². The molecule has 0 saturated carbocycles. The lowest BCUT2D eigenvalue weighted by atomic mass is 9.90. The van der Waals surface area contributed by atoms with E-state index < -0.39 is 0 Å². The van der Waals surface area contributed by atoms with Crippen LogP contribution in [0.1, 0.15) is 44.7 Å². The van der Waals surface area contributed by atoms with E-state index in [1.54, 1.807) is 7.11 Å². The first kappa shape index (κ1) is 15.8. The molecule has 4 nitrogen and oxygen atoms in total. The summed E-state index contributed by atoms with van der Waals surface area (Å²) in [6.07, 6.45) is 3.26. The molecule has 2 unspecified atom stereocenters. The number of nitrogens with one attached hydrogen (secondary N) is 2. The second-order valence-corrected chi connectivity index (χ2v) is 5.81. The maximum Gasteiger partial charge on any atom is 0.237 e. The fraction of sp³-hybridized carbons (Fsp3) is 0.588. The molecule has 116 valence electrons. The van der Waals surface area contributed by atoms with Crippen LogP contribution in [0.25, 0.3) is 0 Å². The number of rotatable bonds is 5. The zero-order valence-electron chi connectivity index (χ0n) is 13.2. The van der Waals surface area contributed by atoms with Gasteiger partial charge in [0.2, 0.25) is 5.91 Å². The standard InChI is InChI=1S/C17H26N2O2/c1-4-13-8-9-18-16(10-13)17(20)19-12(2)14-6-5-7-15(11-14)21-3/h5-7,11-13,16,18H,4,8-10H2,1-3H3,(H,19,20)/t12-,13?,16?/m0/s1.